The van der Waals surface area contributed by atoms with Gasteiger partial charge in [-0.15, -0.1) is 0 Å². The fourth-order valence-corrected chi connectivity index (χ4v) is 2.33. The lowest BCUT2D eigenvalue weighted by molar-refractivity contribution is -0.165. The second kappa shape index (κ2) is 4.88. The second-order valence-electron chi connectivity index (χ2n) is 4.91. The minimum atomic E-state index is -0.301. The molecule has 0 atom stereocenters. The predicted molar refractivity (Wildman–Crippen MR) is 66.5 cm³/mol. The SMILES string of the molecule is CCOC(=O)C1(C)CN(Cc2ccccc2)C1. The van der Waals surface area contributed by atoms with Gasteiger partial charge in [0.15, 0.2) is 0 Å². The molecule has 92 valence electrons. The number of benzene rings is 1. The maximum Gasteiger partial charge on any atom is 0.314 e. The van der Waals surface area contributed by atoms with E-state index in [1.165, 1.54) is 5.56 Å². The first-order valence-corrected chi connectivity index (χ1v) is 6.07. The largest absolute Gasteiger partial charge is 0.465 e. The normalized spacial score (nSPS) is 18.5. The smallest absolute Gasteiger partial charge is 0.314 e. The van der Waals surface area contributed by atoms with Crippen LogP contribution < -0.4 is 0 Å². The third-order valence-electron chi connectivity index (χ3n) is 3.16. The molecule has 0 aromatic heterocycles. The number of rotatable bonds is 4. The van der Waals surface area contributed by atoms with Crippen LogP contribution in [0.5, 0.6) is 0 Å². The van der Waals surface area contributed by atoms with E-state index in [2.05, 4.69) is 17.0 Å². The van der Waals surface area contributed by atoms with Gasteiger partial charge in [0.1, 0.15) is 0 Å². The third-order valence-corrected chi connectivity index (χ3v) is 3.16. The van der Waals surface area contributed by atoms with Crippen LogP contribution in [0.4, 0.5) is 0 Å². The molecule has 0 aliphatic carbocycles. The molecular formula is C14H19NO2. The van der Waals surface area contributed by atoms with Crippen LogP contribution in [0.25, 0.3) is 0 Å². The summed E-state index contributed by atoms with van der Waals surface area (Å²) in [5.41, 5.74) is 0.989. The van der Waals surface area contributed by atoms with Crippen molar-refractivity contribution >= 4 is 5.97 Å². The summed E-state index contributed by atoms with van der Waals surface area (Å²) < 4.78 is 5.08. The number of hydrogen-bond acceptors (Lipinski definition) is 3. The predicted octanol–water partition coefficient (Wildman–Crippen LogP) is 2.07. The van der Waals surface area contributed by atoms with Crippen molar-refractivity contribution in [2.75, 3.05) is 19.7 Å². The van der Waals surface area contributed by atoms with Crippen LogP contribution in [-0.4, -0.2) is 30.6 Å². The first-order chi connectivity index (χ1) is 8.14. The maximum atomic E-state index is 11.7. The van der Waals surface area contributed by atoms with Crippen LogP contribution in [0.1, 0.15) is 19.4 Å². The Morgan fingerprint density at radius 1 is 1.35 bits per heavy atom. The maximum absolute atomic E-state index is 11.7. The molecule has 0 spiro atoms. The quantitative estimate of drug-likeness (QED) is 0.746. The van der Waals surface area contributed by atoms with Crippen LogP contribution in [-0.2, 0) is 16.1 Å². The molecule has 1 fully saturated rings. The van der Waals surface area contributed by atoms with Gasteiger partial charge < -0.3 is 4.74 Å². The number of ether oxygens (including phenoxy) is 1. The molecule has 0 saturated carbocycles. The Labute approximate surface area is 102 Å². The Morgan fingerprint density at radius 3 is 2.59 bits per heavy atom. The Kier molecular flexibility index (Phi) is 3.48. The molecule has 17 heavy (non-hydrogen) atoms. The van der Waals surface area contributed by atoms with Crippen molar-refractivity contribution in [2.24, 2.45) is 5.41 Å². The lowest BCUT2D eigenvalue weighted by Gasteiger charge is -2.45. The van der Waals surface area contributed by atoms with E-state index in [1.54, 1.807) is 0 Å². The molecule has 0 N–H and O–H groups in total. The molecular weight excluding hydrogens is 214 g/mol. The fourth-order valence-electron chi connectivity index (χ4n) is 2.33. The third kappa shape index (κ3) is 2.67. The molecule has 1 aliphatic rings. The number of likely N-dealkylation sites (tertiary alicyclic amines) is 1. The average molecular weight is 233 g/mol. The highest BCUT2D eigenvalue weighted by Gasteiger charge is 2.45. The second-order valence-corrected chi connectivity index (χ2v) is 4.91. The topological polar surface area (TPSA) is 29.5 Å². The van der Waals surface area contributed by atoms with Crippen molar-refractivity contribution in [1.29, 1.82) is 0 Å². The van der Waals surface area contributed by atoms with Gasteiger partial charge in [-0.1, -0.05) is 30.3 Å². The van der Waals surface area contributed by atoms with Crippen LogP contribution in [0.3, 0.4) is 0 Å². The molecule has 1 heterocycles. The summed E-state index contributed by atoms with van der Waals surface area (Å²) >= 11 is 0. The molecule has 3 heteroatoms. The summed E-state index contributed by atoms with van der Waals surface area (Å²) in [6, 6.07) is 10.3. The highest BCUT2D eigenvalue weighted by atomic mass is 16.5. The van der Waals surface area contributed by atoms with E-state index in [0.717, 1.165) is 19.6 Å². The van der Waals surface area contributed by atoms with Crippen LogP contribution in [0.15, 0.2) is 30.3 Å². The highest BCUT2D eigenvalue weighted by Crippen LogP contribution is 2.32. The highest BCUT2D eigenvalue weighted by molar-refractivity contribution is 5.78. The molecule has 1 aromatic carbocycles. The number of carbonyl (C=O) groups excluding carboxylic acids is 1. The summed E-state index contributed by atoms with van der Waals surface area (Å²) in [5.74, 6) is -0.0655. The summed E-state index contributed by atoms with van der Waals surface area (Å²) in [6.45, 7) is 6.79. The first kappa shape index (κ1) is 12.1. The van der Waals surface area contributed by atoms with E-state index >= 15 is 0 Å². The van der Waals surface area contributed by atoms with E-state index in [4.69, 9.17) is 4.74 Å². The Hall–Kier alpha value is -1.35. The van der Waals surface area contributed by atoms with Gasteiger partial charge in [0.2, 0.25) is 0 Å². The van der Waals surface area contributed by atoms with E-state index in [1.807, 2.05) is 32.0 Å². The molecule has 1 aliphatic heterocycles. The van der Waals surface area contributed by atoms with E-state index < -0.39 is 0 Å². The molecule has 0 radical (unpaired) electrons. The molecule has 0 unspecified atom stereocenters. The van der Waals surface area contributed by atoms with Gasteiger partial charge in [-0.05, 0) is 19.4 Å². The van der Waals surface area contributed by atoms with E-state index in [0.29, 0.717) is 6.61 Å². The van der Waals surface area contributed by atoms with E-state index in [9.17, 15) is 4.79 Å². The van der Waals surface area contributed by atoms with Crippen LogP contribution in [0.2, 0.25) is 0 Å². The first-order valence-electron chi connectivity index (χ1n) is 6.07. The molecule has 0 bridgehead atoms. The average Bonchev–Trinajstić information content (AvgIpc) is 2.28. The summed E-state index contributed by atoms with van der Waals surface area (Å²) in [4.78, 5) is 14.0. The van der Waals surface area contributed by atoms with Gasteiger partial charge in [0.25, 0.3) is 0 Å². The molecule has 0 amide bonds. The van der Waals surface area contributed by atoms with Crippen molar-refractivity contribution in [1.82, 2.24) is 4.90 Å². The standard InChI is InChI=1S/C14H19NO2/c1-3-17-13(16)14(2)10-15(11-14)9-12-7-5-4-6-8-12/h4-8H,3,9-11H2,1-2H3. The Bertz CT molecular complexity index is 382. The number of hydrogen-bond donors (Lipinski definition) is 0. The van der Waals surface area contributed by atoms with Gasteiger partial charge in [0.05, 0.1) is 12.0 Å². The minimum Gasteiger partial charge on any atom is -0.465 e. The number of nitrogens with zero attached hydrogens (tertiary/aromatic N) is 1. The van der Waals surface area contributed by atoms with Gasteiger partial charge in [0, 0.05) is 19.6 Å². The molecule has 2 rings (SSSR count). The van der Waals surface area contributed by atoms with Gasteiger partial charge >= 0.3 is 5.97 Å². The molecule has 1 saturated heterocycles. The zero-order valence-electron chi connectivity index (χ0n) is 10.5. The molecule has 3 nitrogen and oxygen atoms in total. The van der Waals surface area contributed by atoms with Crippen LogP contribution in [0, 0.1) is 5.41 Å². The zero-order chi connectivity index (χ0) is 12.3. The van der Waals surface area contributed by atoms with Gasteiger partial charge in [-0.3, -0.25) is 9.69 Å². The van der Waals surface area contributed by atoms with E-state index in [-0.39, 0.29) is 11.4 Å². The van der Waals surface area contributed by atoms with Crippen molar-refractivity contribution < 1.29 is 9.53 Å². The molecule has 1 aromatic rings. The fraction of sp³-hybridized carbons (Fsp3) is 0.500. The van der Waals surface area contributed by atoms with Crippen molar-refractivity contribution in [3.05, 3.63) is 35.9 Å². The Morgan fingerprint density at radius 2 is 2.00 bits per heavy atom. The lowest BCUT2D eigenvalue weighted by Crippen LogP contribution is -2.58. The zero-order valence-corrected chi connectivity index (χ0v) is 10.5. The minimum absolute atomic E-state index is 0.0655. The summed E-state index contributed by atoms with van der Waals surface area (Å²) in [7, 11) is 0. The van der Waals surface area contributed by atoms with Crippen molar-refractivity contribution in [3.8, 4) is 0 Å². The van der Waals surface area contributed by atoms with Crippen LogP contribution >= 0.6 is 0 Å². The van der Waals surface area contributed by atoms with Gasteiger partial charge in [-0.25, -0.2) is 0 Å². The lowest BCUT2D eigenvalue weighted by atomic mass is 9.82. The summed E-state index contributed by atoms with van der Waals surface area (Å²) in [6.07, 6.45) is 0. The number of esters is 1. The Balaban J connectivity index is 1.84. The number of carbonyl (C=O) groups is 1. The monoisotopic (exact) mass is 233 g/mol. The van der Waals surface area contributed by atoms with Crippen molar-refractivity contribution in [3.63, 3.8) is 0 Å². The van der Waals surface area contributed by atoms with Gasteiger partial charge in [-0.2, -0.15) is 0 Å². The summed E-state index contributed by atoms with van der Waals surface area (Å²) in [5, 5.41) is 0. The van der Waals surface area contributed by atoms with Crippen molar-refractivity contribution in [2.45, 2.75) is 20.4 Å².